The number of fused-ring (bicyclic) bond motifs is 1. The normalized spacial score (nSPS) is 17.8. The number of hydrogen-bond donors (Lipinski definition) is 2. The first-order chi connectivity index (χ1) is 9.40. The van der Waals surface area contributed by atoms with Gasteiger partial charge in [0.15, 0.2) is 0 Å². The molecule has 0 aliphatic carbocycles. The topological polar surface area (TPSA) is 49.9 Å². The third kappa shape index (κ3) is 2.27. The number of rotatable bonds is 4. The van der Waals surface area contributed by atoms with E-state index >= 15 is 0 Å². The first kappa shape index (κ1) is 12.0. The van der Waals surface area contributed by atoms with E-state index in [2.05, 4.69) is 27.9 Å². The van der Waals surface area contributed by atoms with Gasteiger partial charge in [-0.3, -0.25) is 0 Å². The summed E-state index contributed by atoms with van der Waals surface area (Å²) in [6.45, 7) is 5.14. The maximum absolute atomic E-state index is 5.74. The number of imidazole rings is 1. The molecule has 2 heterocycles. The second kappa shape index (κ2) is 5.28. The van der Waals surface area contributed by atoms with Gasteiger partial charge in [-0.1, -0.05) is 30.9 Å². The van der Waals surface area contributed by atoms with Crippen molar-refractivity contribution in [3.8, 4) is 5.75 Å². The van der Waals surface area contributed by atoms with E-state index in [1.807, 2.05) is 18.2 Å². The lowest BCUT2D eigenvalue weighted by molar-refractivity contribution is 0.354. The number of aromatic nitrogens is 2. The van der Waals surface area contributed by atoms with Gasteiger partial charge < -0.3 is 15.0 Å². The Kier molecular flexibility index (Phi) is 3.33. The second-order valence-electron chi connectivity index (χ2n) is 4.54. The lowest BCUT2D eigenvalue weighted by Gasteiger charge is -2.25. The quantitative estimate of drug-likeness (QED) is 0.824. The van der Waals surface area contributed by atoms with Crippen LogP contribution in [-0.2, 0) is 6.42 Å². The molecule has 0 saturated heterocycles. The zero-order valence-electron chi connectivity index (χ0n) is 10.7. The first-order valence-corrected chi connectivity index (χ1v) is 6.48. The Morgan fingerprint density at radius 3 is 3.21 bits per heavy atom. The molecule has 0 amide bonds. The molecule has 1 aliphatic heterocycles. The van der Waals surface area contributed by atoms with Crippen molar-refractivity contribution in [2.75, 3.05) is 13.2 Å². The van der Waals surface area contributed by atoms with Gasteiger partial charge in [-0.25, -0.2) is 4.98 Å². The predicted octanol–water partition coefficient (Wildman–Crippen LogP) is 2.21. The summed E-state index contributed by atoms with van der Waals surface area (Å²) in [7, 11) is 0. The minimum absolute atomic E-state index is 0.0935. The van der Waals surface area contributed by atoms with Crippen LogP contribution in [0.3, 0.4) is 0 Å². The van der Waals surface area contributed by atoms with Crippen molar-refractivity contribution in [3.05, 3.63) is 60.2 Å². The van der Waals surface area contributed by atoms with E-state index in [0.717, 1.165) is 30.0 Å². The number of para-hydroxylation sites is 1. The highest BCUT2D eigenvalue weighted by Gasteiger charge is 2.25. The molecule has 98 valence electrons. The maximum atomic E-state index is 5.74. The fraction of sp³-hybridized carbons (Fsp3) is 0.267. The van der Waals surface area contributed by atoms with Crippen LogP contribution in [0.4, 0.5) is 0 Å². The minimum atomic E-state index is 0.0935. The summed E-state index contributed by atoms with van der Waals surface area (Å²) in [6, 6.07) is 8.17. The van der Waals surface area contributed by atoms with Crippen LogP contribution >= 0.6 is 0 Å². The number of benzene rings is 1. The van der Waals surface area contributed by atoms with Crippen molar-refractivity contribution in [2.24, 2.45) is 0 Å². The Labute approximate surface area is 112 Å². The van der Waals surface area contributed by atoms with Crippen LogP contribution in [0.1, 0.15) is 23.0 Å². The molecule has 0 saturated carbocycles. The van der Waals surface area contributed by atoms with E-state index in [0.29, 0.717) is 6.61 Å². The number of aromatic amines is 1. The Hall–Kier alpha value is -2.07. The molecule has 1 aromatic carbocycles. The van der Waals surface area contributed by atoms with Gasteiger partial charge in [0.05, 0.1) is 18.1 Å². The van der Waals surface area contributed by atoms with E-state index in [1.165, 1.54) is 5.69 Å². The third-order valence-electron chi connectivity index (χ3n) is 3.34. The van der Waals surface area contributed by atoms with Gasteiger partial charge in [0.2, 0.25) is 0 Å². The summed E-state index contributed by atoms with van der Waals surface area (Å²) >= 11 is 0. The largest absolute Gasteiger partial charge is 0.489 e. The van der Waals surface area contributed by atoms with Crippen LogP contribution in [0.5, 0.6) is 5.75 Å². The van der Waals surface area contributed by atoms with Crippen LogP contribution in [0.2, 0.25) is 0 Å². The molecular formula is C15H17N3O. The molecule has 4 heteroatoms. The van der Waals surface area contributed by atoms with Crippen molar-refractivity contribution >= 4 is 0 Å². The van der Waals surface area contributed by atoms with Crippen molar-refractivity contribution in [1.82, 2.24) is 15.3 Å². The van der Waals surface area contributed by atoms with Gasteiger partial charge in [0.25, 0.3) is 0 Å². The highest BCUT2D eigenvalue weighted by atomic mass is 16.5. The van der Waals surface area contributed by atoms with Gasteiger partial charge >= 0.3 is 0 Å². The van der Waals surface area contributed by atoms with Crippen molar-refractivity contribution in [2.45, 2.75) is 12.5 Å². The van der Waals surface area contributed by atoms with Crippen molar-refractivity contribution in [3.63, 3.8) is 0 Å². The second-order valence-corrected chi connectivity index (χ2v) is 4.54. The number of H-pyrrole nitrogens is 1. The molecule has 0 bridgehead atoms. The summed E-state index contributed by atoms with van der Waals surface area (Å²) in [5.74, 6) is 0.885. The van der Waals surface area contributed by atoms with Crippen LogP contribution in [0.25, 0.3) is 0 Å². The van der Waals surface area contributed by atoms with E-state index in [-0.39, 0.29) is 6.04 Å². The predicted molar refractivity (Wildman–Crippen MR) is 74.3 cm³/mol. The molecule has 0 unspecified atom stereocenters. The molecule has 1 aromatic heterocycles. The lowest BCUT2D eigenvalue weighted by atomic mass is 9.97. The summed E-state index contributed by atoms with van der Waals surface area (Å²) in [5, 5.41) is 3.51. The summed E-state index contributed by atoms with van der Waals surface area (Å²) in [6.07, 6.45) is 4.50. The molecule has 2 N–H and O–H groups in total. The van der Waals surface area contributed by atoms with Crippen molar-refractivity contribution in [1.29, 1.82) is 0 Å². The Bertz CT molecular complexity index is 576. The van der Waals surface area contributed by atoms with E-state index in [4.69, 9.17) is 4.74 Å². The molecule has 0 spiro atoms. The van der Waals surface area contributed by atoms with Crippen LogP contribution < -0.4 is 10.1 Å². The van der Waals surface area contributed by atoms with Gasteiger partial charge in [-0.15, -0.1) is 0 Å². The molecule has 1 atom stereocenters. The minimum Gasteiger partial charge on any atom is -0.489 e. The molecule has 2 aromatic rings. The van der Waals surface area contributed by atoms with Gasteiger partial charge in [0.1, 0.15) is 12.4 Å². The highest BCUT2D eigenvalue weighted by molar-refractivity contribution is 5.42. The zero-order chi connectivity index (χ0) is 13.1. The SMILES string of the molecule is C=CCOc1ccccc1[C@H]1NCCc2[nH]cnc21. The molecule has 1 aliphatic rings. The Balaban J connectivity index is 1.97. The average molecular weight is 255 g/mol. The summed E-state index contributed by atoms with van der Waals surface area (Å²) in [4.78, 5) is 7.65. The van der Waals surface area contributed by atoms with Crippen LogP contribution in [-0.4, -0.2) is 23.1 Å². The Morgan fingerprint density at radius 1 is 1.42 bits per heavy atom. The molecule has 0 fully saturated rings. The molecular weight excluding hydrogens is 238 g/mol. The third-order valence-corrected chi connectivity index (χ3v) is 3.34. The molecule has 4 nitrogen and oxygen atoms in total. The fourth-order valence-corrected chi connectivity index (χ4v) is 2.48. The summed E-state index contributed by atoms with van der Waals surface area (Å²) < 4.78 is 5.74. The van der Waals surface area contributed by atoms with E-state index in [9.17, 15) is 0 Å². The standard InChI is InChI=1S/C15H17N3O/c1-2-9-19-13-6-4-3-5-11(13)14-15-12(7-8-16-14)17-10-18-15/h2-6,10,14,16H,1,7-9H2,(H,17,18)/t14-/m1/s1. The molecule has 3 rings (SSSR count). The van der Waals surface area contributed by atoms with Crippen molar-refractivity contribution < 1.29 is 4.74 Å². The molecule has 19 heavy (non-hydrogen) atoms. The number of hydrogen-bond acceptors (Lipinski definition) is 3. The lowest BCUT2D eigenvalue weighted by Crippen LogP contribution is -2.31. The van der Waals surface area contributed by atoms with Gasteiger partial charge in [0, 0.05) is 24.2 Å². The van der Waals surface area contributed by atoms with E-state index in [1.54, 1.807) is 12.4 Å². The average Bonchev–Trinajstić information content (AvgIpc) is 2.94. The highest BCUT2D eigenvalue weighted by Crippen LogP contribution is 2.32. The summed E-state index contributed by atoms with van der Waals surface area (Å²) in [5.41, 5.74) is 3.40. The van der Waals surface area contributed by atoms with Crippen LogP contribution in [0.15, 0.2) is 43.2 Å². The van der Waals surface area contributed by atoms with Crippen LogP contribution in [0, 0.1) is 0 Å². The van der Waals surface area contributed by atoms with E-state index < -0.39 is 0 Å². The molecule has 0 radical (unpaired) electrons. The monoisotopic (exact) mass is 255 g/mol. The smallest absolute Gasteiger partial charge is 0.124 e. The Morgan fingerprint density at radius 2 is 2.32 bits per heavy atom. The maximum Gasteiger partial charge on any atom is 0.124 e. The number of ether oxygens (including phenoxy) is 1. The van der Waals surface area contributed by atoms with Gasteiger partial charge in [-0.05, 0) is 6.07 Å². The fourth-order valence-electron chi connectivity index (χ4n) is 2.48. The van der Waals surface area contributed by atoms with Gasteiger partial charge in [-0.2, -0.15) is 0 Å². The first-order valence-electron chi connectivity index (χ1n) is 6.48. The number of nitrogens with one attached hydrogen (secondary N) is 2. The number of nitrogens with zero attached hydrogens (tertiary/aromatic N) is 1. The zero-order valence-corrected chi connectivity index (χ0v) is 10.7.